The van der Waals surface area contributed by atoms with E-state index in [1.54, 1.807) is 27.4 Å². The number of fused-ring (bicyclic) bond motifs is 1. The molecule has 0 spiro atoms. The predicted octanol–water partition coefficient (Wildman–Crippen LogP) is 2.22. The Morgan fingerprint density at radius 2 is 1.74 bits per heavy atom. The van der Waals surface area contributed by atoms with Crippen molar-refractivity contribution < 1.29 is 19.0 Å². The lowest BCUT2D eigenvalue weighted by atomic mass is 9.85. The molecule has 1 aromatic carbocycles. The van der Waals surface area contributed by atoms with E-state index in [0.717, 1.165) is 16.8 Å². The zero-order valence-corrected chi connectivity index (χ0v) is 13.5. The standard InChI is InChI=1S/C16H19N3O4/c1-8-15-10(6-14(20)17-16(15)19-18-8)9-5-12(22-3)13(23-4)7-11(9)21-2/h5,7,10H,6H2,1-4H3,(H2,17,18,19,20). The second-order valence-electron chi connectivity index (χ2n) is 5.36. The summed E-state index contributed by atoms with van der Waals surface area (Å²) in [6.45, 7) is 1.93. The van der Waals surface area contributed by atoms with Crippen LogP contribution < -0.4 is 19.5 Å². The summed E-state index contributed by atoms with van der Waals surface area (Å²) in [5.41, 5.74) is 2.75. The first kappa shape index (κ1) is 15.2. The first-order valence-electron chi connectivity index (χ1n) is 7.23. The van der Waals surface area contributed by atoms with E-state index in [2.05, 4.69) is 15.5 Å². The molecule has 0 radical (unpaired) electrons. The van der Waals surface area contributed by atoms with Gasteiger partial charge in [-0.1, -0.05) is 0 Å². The number of methoxy groups -OCH3 is 3. The number of carbonyl (C=O) groups is 1. The molecule has 1 aliphatic heterocycles. The Balaban J connectivity index is 2.18. The fourth-order valence-electron chi connectivity index (χ4n) is 3.02. The largest absolute Gasteiger partial charge is 0.496 e. The van der Waals surface area contributed by atoms with Gasteiger partial charge in [-0.25, -0.2) is 0 Å². The molecule has 0 fully saturated rings. The van der Waals surface area contributed by atoms with Gasteiger partial charge in [-0.3, -0.25) is 9.89 Å². The number of H-pyrrole nitrogens is 1. The van der Waals surface area contributed by atoms with Crippen molar-refractivity contribution in [1.82, 2.24) is 10.2 Å². The summed E-state index contributed by atoms with van der Waals surface area (Å²) in [6, 6.07) is 3.63. The maximum absolute atomic E-state index is 12.0. The molecule has 7 nitrogen and oxygen atoms in total. The van der Waals surface area contributed by atoms with Crippen LogP contribution in [0, 0.1) is 6.92 Å². The number of benzene rings is 1. The van der Waals surface area contributed by atoms with Gasteiger partial charge in [-0.15, -0.1) is 0 Å². The van der Waals surface area contributed by atoms with Gasteiger partial charge in [0.2, 0.25) is 5.91 Å². The molecule has 1 amide bonds. The van der Waals surface area contributed by atoms with Crippen molar-refractivity contribution in [2.24, 2.45) is 0 Å². The number of carbonyl (C=O) groups excluding carboxylic acids is 1. The Hall–Kier alpha value is -2.70. The van der Waals surface area contributed by atoms with Gasteiger partial charge in [0.15, 0.2) is 17.3 Å². The number of hydrogen-bond donors (Lipinski definition) is 2. The summed E-state index contributed by atoms with van der Waals surface area (Å²) in [7, 11) is 4.75. The smallest absolute Gasteiger partial charge is 0.226 e. The van der Waals surface area contributed by atoms with Gasteiger partial charge in [0, 0.05) is 35.2 Å². The summed E-state index contributed by atoms with van der Waals surface area (Å²) in [5, 5.41) is 9.88. The third kappa shape index (κ3) is 2.48. The van der Waals surface area contributed by atoms with Crippen LogP contribution in [0.25, 0.3) is 0 Å². The van der Waals surface area contributed by atoms with Crippen molar-refractivity contribution >= 4 is 11.7 Å². The monoisotopic (exact) mass is 317 g/mol. The average molecular weight is 317 g/mol. The fraction of sp³-hybridized carbons (Fsp3) is 0.375. The SMILES string of the molecule is COc1cc(OC)c(C2CC(=O)Nc3n[nH]c(C)c32)cc1OC. The van der Waals surface area contributed by atoms with E-state index in [1.165, 1.54) is 0 Å². The zero-order valence-electron chi connectivity index (χ0n) is 13.5. The van der Waals surface area contributed by atoms with Gasteiger partial charge in [0.05, 0.1) is 21.3 Å². The normalized spacial score (nSPS) is 16.5. The topological polar surface area (TPSA) is 85.5 Å². The minimum atomic E-state index is -0.160. The van der Waals surface area contributed by atoms with E-state index < -0.39 is 0 Å². The zero-order chi connectivity index (χ0) is 16.6. The molecule has 1 unspecified atom stereocenters. The van der Waals surface area contributed by atoms with Crippen LogP contribution in [-0.2, 0) is 4.79 Å². The molecule has 23 heavy (non-hydrogen) atoms. The van der Waals surface area contributed by atoms with Gasteiger partial charge >= 0.3 is 0 Å². The minimum absolute atomic E-state index is 0.0779. The van der Waals surface area contributed by atoms with Gasteiger partial charge in [-0.05, 0) is 13.0 Å². The van der Waals surface area contributed by atoms with Crippen molar-refractivity contribution in [3.05, 3.63) is 29.0 Å². The van der Waals surface area contributed by atoms with Gasteiger partial charge in [-0.2, -0.15) is 5.10 Å². The highest BCUT2D eigenvalue weighted by atomic mass is 16.5. The van der Waals surface area contributed by atoms with Gasteiger partial charge < -0.3 is 19.5 Å². The molecule has 122 valence electrons. The number of rotatable bonds is 4. The molecule has 2 aromatic rings. The molecule has 2 N–H and O–H groups in total. The number of amides is 1. The number of anilines is 1. The lowest BCUT2D eigenvalue weighted by Gasteiger charge is -2.25. The van der Waals surface area contributed by atoms with E-state index in [4.69, 9.17) is 14.2 Å². The number of hydrogen-bond acceptors (Lipinski definition) is 5. The number of aromatic nitrogens is 2. The highest BCUT2D eigenvalue weighted by Crippen LogP contribution is 2.45. The molecular weight excluding hydrogens is 298 g/mol. The first-order valence-corrected chi connectivity index (χ1v) is 7.23. The van der Waals surface area contributed by atoms with E-state index in [9.17, 15) is 4.79 Å². The Labute approximate surface area is 133 Å². The van der Waals surface area contributed by atoms with Crippen LogP contribution in [0.4, 0.5) is 5.82 Å². The van der Waals surface area contributed by atoms with E-state index >= 15 is 0 Å². The molecule has 2 heterocycles. The second-order valence-corrected chi connectivity index (χ2v) is 5.36. The van der Waals surface area contributed by atoms with Crippen LogP contribution in [0.5, 0.6) is 17.2 Å². The van der Waals surface area contributed by atoms with Gasteiger partial charge in [0.25, 0.3) is 0 Å². The molecule has 3 rings (SSSR count). The molecule has 1 aromatic heterocycles. The molecule has 0 saturated carbocycles. The maximum atomic E-state index is 12.0. The summed E-state index contributed by atoms with van der Waals surface area (Å²) in [6.07, 6.45) is 0.319. The van der Waals surface area contributed by atoms with Crippen molar-refractivity contribution in [1.29, 1.82) is 0 Å². The third-order valence-corrected chi connectivity index (χ3v) is 4.10. The Morgan fingerprint density at radius 3 is 2.39 bits per heavy atom. The molecule has 0 bridgehead atoms. The summed E-state index contributed by atoms with van der Waals surface area (Å²) in [5.74, 6) is 2.15. The van der Waals surface area contributed by atoms with E-state index in [1.807, 2.05) is 13.0 Å². The van der Waals surface area contributed by atoms with E-state index in [0.29, 0.717) is 29.5 Å². The van der Waals surface area contributed by atoms with Crippen LogP contribution in [0.2, 0.25) is 0 Å². The fourth-order valence-corrected chi connectivity index (χ4v) is 3.02. The number of aromatic amines is 1. The third-order valence-electron chi connectivity index (χ3n) is 4.10. The Morgan fingerprint density at radius 1 is 1.09 bits per heavy atom. The Kier molecular flexibility index (Phi) is 3.85. The molecule has 1 atom stereocenters. The highest BCUT2D eigenvalue weighted by Gasteiger charge is 2.33. The van der Waals surface area contributed by atoms with Crippen LogP contribution >= 0.6 is 0 Å². The lowest BCUT2D eigenvalue weighted by molar-refractivity contribution is -0.116. The van der Waals surface area contributed by atoms with Crippen molar-refractivity contribution in [3.8, 4) is 17.2 Å². The highest BCUT2D eigenvalue weighted by molar-refractivity contribution is 5.94. The summed E-state index contributed by atoms with van der Waals surface area (Å²) in [4.78, 5) is 12.0. The maximum Gasteiger partial charge on any atom is 0.226 e. The van der Waals surface area contributed by atoms with Crippen molar-refractivity contribution in [3.63, 3.8) is 0 Å². The molecular formula is C16H19N3O4. The molecule has 0 aliphatic carbocycles. The summed E-state index contributed by atoms with van der Waals surface area (Å²) < 4.78 is 16.2. The van der Waals surface area contributed by atoms with Crippen molar-refractivity contribution in [2.75, 3.05) is 26.6 Å². The van der Waals surface area contributed by atoms with Crippen molar-refractivity contribution in [2.45, 2.75) is 19.3 Å². The second kappa shape index (κ2) is 5.83. The quantitative estimate of drug-likeness (QED) is 0.903. The van der Waals surface area contributed by atoms with Crippen LogP contribution in [0.1, 0.15) is 29.2 Å². The first-order chi connectivity index (χ1) is 11.1. The number of aryl methyl sites for hydroxylation is 1. The van der Waals surface area contributed by atoms with E-state index in [-0.39, 0.29) is 11.8 Å². The number of ether oxygens (including phenoxy) is 3. The van der Waals surface area contributed by atoms with Crippen LogP contribution in [-0.4, -0.2) is 37.4 Å². The Bertz CT molecular complexity index is 754. The lowest BCUT2D eigenvalue weighted by Crippen LogP contribution is -2.23. The van der Waals surface area contributed by atoms with Gasteiger partial charge in [0.1, 0.15) is 5.75 Å². The van der Waals surface area contributed by atoms with Crippen LogP contribution in [0.15, 0.2) is 12.1 Å². The predicted molar refractivity (Wildman–Crippen MR) is 84.5 cm³/mol. The number of nitrogens with one attached hydrogen (secondary N) is 2. The molecule has 7 heteroatoms. The summed E-state index contributed by atoms with van der Waals surface area (Å²) >= 11 is 0. The molecule has 0 saturated heterocycles. The van der Waals surface area contributed by atoms with Crippen LogP contribution in [0.3, 0.4) is 0 Å². The molecule has 1 aliphatic rings. The number of nitrogens with zero attached hydrogens (tertiary/aromatic N) is 1. The average Bonchev–Trinajstić information content (AvgIpc) is 2.93. The minimum Gasteiger partial charge on any atom is -0.496 e.